The minimum Gasteiger partial charge on any atom is -0.479 e. The number of nitrogens with zero attached hydrogens (tertiary/aromatic N) is 5. The number of nitrogens with one attached hydrogen (secondary N) is 1. The first-order chi connectivity index (χ1) is 16.2. The molecule has 0 bridgehead atoms. The molecule has 1 aliphatic carbocycles. The quantitative estimate of drug-likeness (QED) is 0.435. The third kappa shape index (κ3) is 3.87. The van der Waals surface area contributed by atoms with Crippen molar-refractivity contribution < 1.29 is 14.2 Å². The Morgan fingerprint density at radius 3 is 2.65 bits per heavy atom. The van der Waals surface area contributed by atoms with Crippen molar-refractivity contribution in [2.45, 2.75) is 71.1 Å². The van der Waals surface area contributed by atoms with Gasteiger partial charge in [-0.15, -0.1) is 5.10 Å². The third-order valence-electron chi connectivity index (χ3n) is 6.82. The van der Waals surface area contributed by atoms with E-state index in [9.17, 15) is 5.11 Å². The highest BCUT2D eigenvalue weighted by Gasteiger charge is 2.29. The van der Waals surface area contributed by atoms with Gasteiger partial charge in [0, 0.05) is 23.8 Å². The predicted octanol–water partition coefficient (Wildman–Crippen LogP) is 4.89. The summed E-state index contributed by atoms with van der Waals surface area (Å²) in [6, 6.07) is 5.72. The second-order valence-electron chi connectivity index (χ2n) is 9.83. The van der Waals surface area contributed by atoms with Crippen LogP contribution in [-0.2, 0) is 0 Å². The molecule has 9 heteroatoms. The van der Waals surface area contributed by atoms with Crippen LogP contribution in [0.3, 0.4) is 0 Å². The summed E-state index contributed by atoms with van der Waals surface area (Å²) in [7, 11) is 1.57. The molecule has 3 heterocycles. The molecule has 180 valence electrons. The minimum atomic E-state index is -0.601. The van der Waals surface area contributed by atoms with Gasteiger partial charge >= 0.3 is 0 Å². The normalized spacial score (nSPS) is 21.0. The number of hydrogen-bond acceptors (Lipinski definition) is 6. The van der Waals surface area contributed by atoms with Crippen LogP contribution >= 0.6 is 0 Å². The first-order valence-electron chi connectivity index (χ1n) is 11.8. The molecule has 3 aromatic heterocycles. The molecule has 34 heavy (non-hydrogen) atoms. The van der Waals surface area contributed by atoms with E-state index in [0.29, 0.717) is 28.4 Å². The van der Waals surface area contributed by atoms with Gasteiger partial charge in [-0.2, -0.15) is 4.98 Å². The van der Waals surface area contributed by atoms with E-state index in [1.54, 1.807) is 11.6 Å². The summed E-state index contributed by atoms with van der Waals surface area (Å²) in [6.45, 7) is 7.90. The Kier molecular flexibility index (Phi) is 5.47. The number of methoxy groups -OCH3 is 1. The van der Waals surface area contributed by atoms with E-state index >= 15 is 4.39 Å². The number of fused-ring (bicyclic) bond motifs is 2. The highest BCUT2D eigenvalue weighted by atomic mass is 19.1. The third-order valence-corrected chi connectivity index (χ3v) is 6.82. The largest absolute Gasteiger partial charge is 0.479 e. The molecule has 1 saturated carbocycles. The van der Waals surface area contributed by atoms with E-state index in [1.165, 1.54) is 6.07 Å². The Hall–Kier alpha value is -3.20. The topological polar surface area (TPSA) is 89.5 Å². The molecule has 1 aliphatic rings. The van der Waals surface area contributed by atoms with Crippen LogP contribution in [0.5, 0.6) is 5.88 Å². The smallest absolute Gasteiger partial charge is 0.244 e. The molecule has 0 amide bonds. The van der Waals surface area contributed by atoms with Crippen LogP contribution in [0.1, 0.15) is 58.3 Å². The van der Waals surface area contributed by atoms with Crippen molar-refractivity contribution in [2.75, 3.05) is 12.4 Å². The summed E-state index contributed by atoms with van der Waals surface area (Å²) < 4.78 is 24.5. The van der Waals surface area contributed by atoms with Crippen molar-refractivity contribution in [3.8, 4) is 17.0 Å². The van der Waals surface area contributed by atoms with Gasteiger partial charge in [-0.1, -0.05) is 0 Å². The molecule has 2 N–H and O–H groups in total. The lowest BCUT2D eigenvalue weighted by Gasteiger charge is -2.33. The average molecular weight is 467 g/mol. The number of aryl methyl sites for hydroxylation is 1. The van der Waals surface area contributed by atoms with Crippen molar-refractivity contribution in [1.29, 1.82) is 0 Å². The number of anilines is 1. The Balaban J connectivity index is 1.55. The van der Waals surface area contributed by atoms with Gasteiger partial charge < -0.3 is 19.7 Å². The summed E-state index contributed by atoms with van der Waals surface area (Å²) in [5.74, 6) is 1.30. The van der Waals surface area contributed by atoms with Gasteiger partial charge in [0.05, 0.1) is 18.2 Å². The van der Waals surface area contributed by atoms with Gasteiger partial charge in [0.1, 0.15) is 16.9 Å². The van der Waals surface area contributed by atoms with Gasteiger partial charge in [-0.05, 0) is 77.1 Å². The molecule has 0 unspecified atom stereocenters. The van der Waals surface area contributed by atoms with E-state index in [-0.39, 0.29) is 17.9 Å². The number of imidazole rings is 1. The fraction of sp³-hybridized carbons (Fsp3) is 0.480. The molecular formula is C25H31FN6O2. The summed E-state index contributed by atoms with van der Waals surface area (Å²) in [6.07, 6.45) is 4.99. The van der Waals surface area contributed by atoms with E-state index < -0.39 is 5.60 Å². The molecular weight excluding hydrogens is 435 g/mol. The van der Waals surface area contributed by atoms with Crippen molar-refractivity contribution >= 4 is 22.5 Å². The first kappa shape index (κ1) is 22.6. The van der Waals surface area contributed by atoms with Gasteiger partial charge in [0.25, 0.3) is 0 Å². The Bertz CT molecular complexity index is 1360. The second-order valence-corrected chi connectivity index (χ2v) is 9.83. The first-order valence-corrected chi connectivity index (χ1v) is 11.8. The van der Waals surface area contributed by atoms with Crippen LogP contribution in [0, 0.1) is 12.7 Å². The summed E-state index contributed by atoms with van der Waals surface area (Å²) in [4.78, 5) is 9.04. The average Bonchev–Trinajstić information content (AvgIpc) is 3.35. The molecule has 8 nitrogen and oxygen atoms in total. The molecule has 0 atom stereocenters. The lowest BCUT2D eigenvalue weighted by molar-refractivity contribution is 0.0195. The number of ether oxygens (including phenoxy) is 1. The highest BCUT2D eigenvalue weighted by molar-refractivity contribution is 5.90. The van der Waals surface area contributed by atoms with Crippen molar-refractivity contribution in [3.05, 3.63) is 36.0 Å². The fourth-order valence-electron chi connectivity index (χ4n) is 5.07. The van der Waals surface area contributed by atoms with Crippen LogP contribution in [0.4, 0.5) is 10.3 Å². The highest BCUT2D eigenvalue weighted by Crippen LogP contribution is 2.35. The number of aliphatic hydroxyl groups is 1. The standard InChI is InChI=1S/C25H31FN6O2/c1-14(2)32-15(3)27-21-19(26)12-16(13-20(21)32)18-8-11-31-22(18)23(34-5)29-24(30-31)28-17-6-9-25(4,33)10-7-17/h8,11-14,17,33H,6-7,9-10H2,1-5H3,(H,28,30)/t17-,25+. The van der Waals surface area contributed by atoms with E-state index in [2.05, 4.69) is 34.2 Å². The fourth-order valence-corrected chi connectivity index (χ4v) is 5.07. The Morgan fingerprint density at radius 2 is 1.97 bits per heavy atom. The maximum Gasteiger partial charge on any atom is 0.244 e. The van der Waals surface area contributed by atoms with Crippen LogP contribution in [0.25, 0.3) is 27.7 Å². The number of aromatic nitrogens is 5. The van der Waals surface area contributed by atoms with E-state index in [4.69, 9.17) is 4.74 Å². The number of hydrogen-bond donors (Lipinski definition) is 2. The van der Waals surface area contributed by atoms with Gasteiger partial charge in [0.2, 0.25) is 11.8 Å². The van der Waals surface area contributed by atoms with Crippen molar-refractivity contribution in [1.82, 2.24) is 24.1 Å². The lowest BCUT2D eigenvalue weighted by Crippen LogP contribution is -2.36. The van der Waals surface area contributed by atoms with Crippen LogP contribution in [0.2, 0.25) is 0 Å². The predicted molar refractivity (Wildman–Crippen MR) is 130 cm³/mol. The molecule has 1 aromatic carbocycles. The molecule has 0 spiro atoms. The second kappa shape index (κ2) is 8.23. The summed E-state index contributed by atoms with van der Waals surface area (Å²) >= 11 is 0. The van der Waals surface area contributed by atoms with Crippen LogP contribution < -0.4 is 10.1 Å². The van der Waals surface area contributed by atoms with Crippen molar-refractivity contribution in [2.24, 2.45) is 0 Å². The maximum absolute atomic E-state index is 15.1. The Morgan fingerprint density at radius 1 is 1.24 bits per heavy atom. The molecule has 0 saturated heterocycles. The summed E-state index contributed by atoms with van der Waals surface area (Å²) in [5.41, 5.74) is 2.70. The van der Waals surface area contributed by atoms with Crippen molar-refractivity contribution in [3.63, 3.8) is 0 Å². The zero-order valence-corrected chi connectivity index (χ0v) is 20.3. The minimum absolute atomic E-state index is 0.153. The Labute approximate surface area is 197 Å². The van der Waals surface area contributed by atoms with Gasteiger partial charge in [-0.25, -0.2) is 13.9 Å². The van der Waals surface area contributed by atoms with Crippen LogP contribution in [0.15, 0.2) is 24.4 Å². The van der Waals surface area contributed by atoms with E-state index in [0.717, 1.165) is 42.6 Å². The lowest BCUT2D eigenvalue weighted by atomic mass is 9.84. The van der Waals surface area contributed by atoms with Gasteiger partial charge in [0.15, 0.2) is 5.82 Å². The monoisotopic (exact) mass is 466 g/mol. The number of benzene rings is 1. The maximum atomic E-state index is 15.1. The van der Waals surface area contributed by atoms with E-state index in [1.807, 2.05) is 36.7 Å². The zero-order valence-electron chi connectivity index (χ0n) is 20.3. The SMILES string of the molecule is COc1nc(N[C@H]2CC[C@@](C)(O)CC2)nn2ccc(-c3cc(F)c4nc(C)n(C(C)C)c4c3)c12. The number of rotatable bonds is 5. The summed E-state index contributed by atoms with van der Waals surface area (Å²) in [5, 5.41) is 18.2. The zero-order chi connectivity index (χ0) is 24.2. The van der Waals surface area contributed by atoms with Gasteiger partial charge in [-0.3, -0.25) is 0 Å². The molecule has 1 fully saturated rings. The molecule has 0 radical (unpaired) electrons. The molecule has 0 aliphatic heterocycles. The van der Waals surface area contributed by atoms with Crippen LogP contribution in [-0.4, -0.2) is 48.0 Å². The number of halogens is 1. The molecule has 5 rings (SSSR count). The molecule has 4 aromatic rings.